The number of amides is 1. The van der Waals surface area contributed by atoms with Crippen LogP contribution in [0.5, 0.6) is 0 Å². The van der Waals surface area contributed by atoms with Crippen LogP contribution in [0.1, 0.15) is 44.1 Å². The lowest BCUT2D eigenvalue weighted by atomic mass is 10.00. The maximum Gasteiger partial charge on any atom is 0.276 e. The molecule has 0 aliphatic carbocycles. The Bertz CT molecular complexity index is 391. The molecule has 100 valence electrons. The summed E-state index contributed by atoms with van der Waals surface area (Å²) in [7, 11) is 0. The van der Waals surface area contributed by atoms with Crippen LogP contribution in [0.15, 0.2) is 6.20 Å². The molecule has 18 heavy (non-hydrogen) atoms. The fourth-order valence-corrected chi connectivity index (χ4v) is 2.39. The Kier molecular flexibility index (Phi) is 3.96. The first-order chi connectivity index (χ1) is 8.58. The molecule has 2 atom stereocenters. The van der Waals surface area contributed by atoms with Gasteiger partial charge in [0.25, 0.3) is 5.91 Å². The van der Waals surface area contributed by atoms with Crippen LogP contribution in [0, 0.1) is 0 Å². The number of carbonyl (C=O) groups excluding carboxylic acids is 1. The number of piperidine rings is 1. The van der Waals surface area contributed by atoms with Crippen LogP contribution in [-0.4, -0.2) is 51.0 Å². The quantitative estimate of drug-likeness (QED) is 0.878. The van der Waals surface area contributed by atoms with Gasteiger partial charge < -0.3 is 9.64 Å². The average Bonchev–Trinajstić information content (AvgIpc) is 2.80. The van der Waals surface area contributed by atoms with E-state index in [9.17, 15) is 4.79 Å². The summed E-state index contributed by atoms with van der Waals surface area (Å²) in [5.74, 6) is -0.0563. The molecule has 0 saturated carbocycles. The van der Waals surface area contributed by atoms with Crippen LogP contribution in [-0.2, 0) is 4.74 Å². The monoisotopic (exact) mass is 252 g/mol. The summed E-state index contributed by atoms with van der Waals surface area (Å²) in [6.07, 6.45) is 3.71. The lowest BCUT2D eigenvalue weighted by molar-refractivity contribution is -0.0363. The highest BCUT2D eigenvalue weighted by atomic mass is 16.5. The second kappa shape index (κ2) is 5.48. The van der Waals surface area contributed by atoms with Gasteiger partial charge in [-0.1, -0.05) is 0 Å². The number of nitrogens with one attached hydrogen (secondary N) is 1. The van der Waals surface area contributed by atoms with E-state index in [0.717, 1.165) is 12.8 Å². The maximum absolute atomic E-state index is 12.2. The molecule has 1 N–H and O–H groups in total. The van der Waals surface area contributed by atoms with Gasteiger partial charge in [-0.25, -0.2) is 0 Å². The molecular formula is C12H20N4O2. The predicted molar refractivity (Wildman–Crippen MR) is 66.1 cm³/mol. The molecule has 6 heteroatoms. The highest BCUT2D eigenvalue weighted by Crippen LogP contribution is 2.22. The van der Waals surface area contributed by atoms with Crippen molar-refractivity contribution in [3.63, 3.8) is 0 Å². The fraction of sp³-hybridized carbons (Fsp3) is 0.750. The molecular weight excluding hydrogens is 232 g/mol. The highest BCUT2D eigenvalue weighted by molar-refractivity contribution is 5.92. The van der Waals surface area contributed by atoms with Gasteiger partial charge in [0, 0.05) is 12.6 Å². The summed E-state index contributed by atoms with van der Waals surface area (Å²) in [5.41, 5.74) is 0.380. The summed E-state index contributed by atoms with van der Waals surface area (Å²) in [5, 5.41) is 9.97. The number of likely N-dealkylation sites (tertiary alicyclic amines) is 1. The van der Waals surface area contributed by atoms with E-state index in [0.29, 0.717) is 12.2 Å². The maximum atomic E-state index is 12.2. The number of rotatable bonds is 3. The van der Waals surface area contributed by atoms with Crippen molar-refractivity contribution in [1.82, 2.24) is 20.3 Å². The lowest BCUT2D eigenvalue weighted by Crippen LogP contribution is -2.47. The number of aromatic amines is 1. The average molecular weight is 252 g/mol. The summed E-state index contributed by atoms with van der Waals surface area (Å²) in [4.78, 5) is 14.0. The van der Waals surface area contributed by atoms with Gasteiger partial charge in [-0.2, -0.15) is 15.4 Å². The van der Waals surface area contributed by atoms with E-state index in [1.165, 1.54) is 6.20 Å². The Morgan fingerprint density at radius 1 is 1.61 bits per heavy atom. The van der Waals surface area contributed by atoms with E-state index in [4.69, 9.17) is 4.74 Å². The summed E-state index contributed by atoms with van der Waals surface area (Å²) in [6.45, 7) is 6.84. The topological polar surface area (TPSA) is 71.1 Å². The molecule has 6 nitrogen and oxygen atoms in total. The van der Waals surface area contributed by atoms with Crippen LogP contribution in [0.4, 0.5) is 0 Å². The number of hydrogen-bond donors (Lipinski definition) is 1. The van der Waals surface area contributed by atoms with E-state index in [2.05, 4.69) is 15.4 Å². The Labute approximate surface area is 107 Å². The van der Waals surface area contributed by atoms with Crippen molar-refractivity contribution < 1.29 is 9.53 Å². The number of nitrogens with zero attached hydrogens (tertiary/aromatic N) is 3. The minimum Gasteiger partial charge on any atom is -0.375 e. The second-order valence-electron chi connectivity index (χ2n) is 5.03. The van der Waals surface area contributed by atoms with Crippen molar-refractivity contribution in [2.45, 2.75) is 51.9 Å². The minimum absolute atomic E-state index is 0.0563. The van der Waals surface area contributed by atoms with Gasteiger partial charge in [-0.15, -0.1) is 0 Å². The van der Waals surface area contributed by atoms with E-state index < -0.39 is 0 Å². The summed E-state index contributed by atoms with van der Waals surface area (Å²) >= 11 is 0. The van der Waals surface area contributed by atoms with Gasteiger partial charge in [-0.05, 0) is 33.6 Å². The van der Waals surface area contributed by atoms with Crippen LogP contribution in [0.25, 0.3) is 0 Å². The van der Waals surface area contributed by atoms with Crippen molar-refractivity contribution in [3.05, 3.63) is 11.9 Å². The van der Waals surface area contributed by atoms with Crippen molar-refractivity contribution >= 4 is 5.91 Å². The molecule has 2 rings (SSSR count). The fourth-order valence-electron chi connectivity index (χ4n) is 2.39. The molecule has 0 radical (unpaired) electrons. The smallest absolute Gasteiger partial charge is 0.276 e. The SMILES string of the molecule is CC(C)O[C@H]1CCN(C(=O)c2cn[nH]n2)[C@@H](C)C1. The van der Waals surface area contributed by atoms with Gasteiger partial charge >= 0.3 is 0 Å². The number of H-pyrrole nitrogens is 1. The molecule has 0 bridgehead atoms. The van der Waals surface area contributed by atoms with E-state index in [1.54, 1.807) is 0 Å². The van der Waals surface area contributed by atoms with Gasteiger partial charge in [0.05, 0.1) is 18.4 Å². The van der Waals surface area contributed by atoms with Crippen molar-refractivity contribution in [1.29, 1.82) is 0 Å². The number of carbonyl (C=O) groups is 1. The third-order valence-electron chi connectivity index (χ3n) is 3.19. The zero-order chi connectivity index (χ0) is 13.1. The molecule has 1 saturated heterocycles. The van der Waals surface area contributed by atoms with Crippen molar-refractivity contribution in [2.75, 3.05) is 6.54 Å². The molecule has 0 unspecified atom stereocenters. The third kappa shape index (κ3) is 2.87. The van der Waals surface area contributed by atoms with E-state index in [-0.39, 0.29) is 24.2 Å². The standard InChI is InChI=1S/C12H20N4O2/c1-8(2)18-10-4-5-16(9(3)6-10)12(17)11-7-13-15-14-11/h7-10H,4-6H2,1-3H3,(H,13,14,15)/t9-,10-/m0/s1. The van der Waals surface area contributed by atoms with Crippen molar-refractivity contribution in [3.8, 4) is 0 Å². The summed E-state index contributed by atoms with van der Waals surface area (Å²) in [6, 6.07) is 0.173. The van der Waals surface area contributed by atoms with Crippen LogP contribution >= 0.6 is 0 Å². The van der Waals surface area contributed by atoms with Crippen molar-refractivity contribution in [2.24, 2.45) is 0 Å². The molecule has 1 aliphatic heterocycles. The number of ether oxygens (including phenoxy) is 1. The van der Waals surface area contributed by atoms with Gasteiger partial charge in [0.15, 0.2) is 5.69 Å². The minimum atomic E-state index is -0.0563. The highest BCUT2D eigenvalue weighted by Gasteiger charge is 2.31. The molecule has 1 aromatic heterocycles. The first-order valence-corrected chi connectivity index (χ1v) is 6.40. The third-order valence-corrected chi connectivity index (χ3v) is 3.19. The Hall–Kier alpha value is -1.43. The zero-order valence-corrected chi connectivity index (χ0v) is 11.1. The van der Waals surface area contributed by atoms with Gasteiger partial charge in [0.2, 0.25) is 0 Å². The second-order valence-corrected chi connectivity index (χ2v) is 5.03. The first-order valence-electron chi connectivity index (χ1n) is 6.40. The molecule has 2 heterocycles. The zero-order valence-electron chi connectivity index (χ0n) is 11.1. The summed E-state index contributed by atoms with van der Waals surface area (Å²) < 4.78 is 5.81. The Morgan fingerprint density at radius 3 is 2.94 bits per heavy atom. The van der Waals surface area contributed by atoms with Crippen LogP contribution in [0.2, 0.25) is 0 Å². The molecule has 1 aromatic rings. The molecule has 1 aliphatic rings. The lowest BCUT2D eigenvalue weighted by Gasteiger charge is -2.37. The largest absolute Gasteiger partial charge is 0.375 e. The molecule has 0 spiro atoms. The molecule has 1 amide bonds. The molecule has 0 aromatic carbocycles. The van der Waals surface area contributed by atoms with Crippen LogP contribution < -0.4 is 0 Å². The normalized spacial score (nSPS) is 24.6. The van der Waals surface area contributed by atoms with E-state index >= 15 is 0 Å². The number of aromatic nitrogens is 3. The van der Waals surface area contributed by atoms with Gasteiger partial charge in [0.1, 0.15) is 0 Å². The van der Waals surface area contributed by atoms with E-state index in [1.807, 2.05) is 25.7 Å². The number of hydrogen-bond acceptors (Lipinski definition) is 4. The first kappa shape index (κ1) is 13.0. The predicted octanol–water partition coefficient (Wildman–Crippen LogP) is 1.22. The Morgan fingerprint density at radius 2 is 2.39 bits per heavy atom. The van der Waals surface area contributed by atoms with Gasteiger partial charge in [-0.3, -0.25) is 4.79 Å². The Balaban J connectivity index is 1.95. The molecule has 1 fully saturated rings. The van der Waals surface area contributed by atoms with Crippen LogP contribution in [0.3, 0.4) is 0 Å².